The molecule has 0 aliphatic heterocycles. The zero-order valence-electron chi connectivity index (χ0n) is 9.75. The summed E-state index contributed by atoms with van der Waals surface area (Å²) >= 11 is 4.94. The lowest BCUT2D eigenvalue weighted by molar-refractivity contribution is 0.306. The van der Waals surface area contributed by atoms with Crippen LogP contribution in [0.5, 0.6) is 0 Å². The van der Waals surface area contributed by atoms with Crippen molar-refractivity contribution in [3.05, 3.63) is 0 Å². The van der Waals surface area contributed by atoms with Crippen molar-refractivity contribution in [2.24, 2.45) is 11.7 Å². The van der Waals surface area contributed by atoms with Crippen molar-refractivity contribution >= 4 is 17.2 Å². The van der Waals surface area contributed by atoms with Gasteiger partial charge in [-0.05, 0) is 20.0 Å². The van der Waals surface area contributed by atoms with Gasteiger partial charge in [0.1, 0.15) is 0 Å². The molecule has 0 aromatic carbocycles. The van der Waals surface area contributed by atoms with E-state index in [-0.39, 0.29) is 0 Å². The second kappa shape index (κ2) is 8.18. The number of unbranched alkanes of at least 4 members (excludes halogenated alkanes) is 3. The number of thiocarbonyl (C=S) groups is 1. The van der Waals surface area contributed by atoms with Gasteiger partial charge in [0, 0.05) is 12.5 Å². The van der Waals surface area contributed by atoms with Crippen LogP contribution in [-0.4, -0.2) is 30.0 Å². The van der Waals surface area contributed by atoms with Gasteiger partial charge in [0.15, 0.2) is 0 Å². The first-order valence-corrected chi connectivity index (χ1v) is 5.96. The van der Waals surface area contributed by atoms with Crippen LogP contribution >= 0.6 is 12.2 Å². The molecule has 2 N–H and O–H groups in total. The van der Waals surface area contributed by atoms with Crippen LogP contribution in [0.1, 0.15) is 39.5 Å². The number of nitrogens with two attached hydrogens (primary N) is 1. The molecular weight excluding hydrogens is 192 g/mol. The maximum absolute atomic E-state index is 5.57. The summed E-state index contributed by atoms with van der Waals surface area (Å²) in [5.74, 6) is 0.334. The van der Waals surface area contributed by atoms with Crippen LogP contribution in [0.2, 0.25) is 0 Å². The summed E-state index contributed by atoms with van der Waals surface area (Å²) in [6.45, 7) is 6.47. The van der Waals surface area contributed by atoms with Crippen molar-refractivity contribution in [3.63, 3.8) is 0 Å². The Morgan fingerprint density at radius 1 is 1.36 bits per heavy atom. The Hall–Kier alpha value is -0.150. The van der Waals surface area contributed by atoms with Crippen molar-refractivity contribution in [2.75, 3.05) is 20.1 Å². The molecule has 0 aromatic rings. The zero-order chi connectivity index (χ0) is 11.0. The topological polar surface area (TPSA) is 29.3 Å². The van der Waals surface area contributed by atoms with Crippen molar-refractivity contribution in [1.29, 1.82) is 0 Å². The summed E-state index contributed by atoms with van der Waals surface area (Å²) in [4.78, 5) is 2.95. The summed E-state index contributed by atoms with van der Waals surface area (Å²) in [7, 11) is 2.14. The second-order valence-corrected chi connectivity index (χ2v) is 4.60. The third kappa shape index (κ3) is 7.27. The van der Waals surface area contributed by atoms with E-state index >= 15 is 0 Å². The smallest absolute Gasteiger partial charge is 0.0768 e. The fourth-order valence-electron chi connectivity index (χ4n) is 1.46. The highest BCUT2D eigenvalue weighted by Gasteiger charge is 2.07. The Labute approximate surface area is 93.8 Å². The molecule has 0 radical (unpaired) electrons. The highest BCUT2D eigenvalue weighted by Crippen LogP contribution is 2.03. The maximum atomic E-state index is 5.57. The Bertz CT molecular complexity index is 159. The molecule has 0 saturated heterocycles. The number of rotatable bonds is 8. The van der Waals surface area contributed by atoms with Crippen molar-refractivity contribution < 1.29 is 0 Å². The predicted octanol–water partition coefficient (Wildman–Crippen LogP) is 2.42. The van der Waals surface area contributed by atoms with Crippen LogP contribution in [0, 0.1) is 5.92 Å². The molecule has 0 fully saturated rings. The van der Waals surface area contributed by atoms with Gasteiger partial charge in [-0.2, -0.15) is 0 Å². The fourth-order valence-corrected chi connectivity index (χ4v) is 1.53. The molecule has 3 heteroatoms. The number of nitrogens with zero attached hydrogens (tertiary/aromatic N) is 1. The van der Waals surface area contributed by atoms with E-state index in [2.05, 4.69) is 25.8 Å². The summed E-state index contributed by atoms with van der Waals surface area (Å²) in [6.07, 6.45) is 5.27. The summed E-state index contributed by atoms with van der Waals surface area (Å²) < 4.78 is 0. The van der Waals surface area contributed by atoms with Gasteiger partial charge in [0.25, 0.3) is 0 Å². The van der Waals surface area contributed by atoms with Crippen LogP contribution in [0.15, 0.2) is 0 Å². The van der Waals surface area contributed by atoms with E-state index in [0.717, 1.165) is 13.1 Å². The van der Waals surface area contributed by atoms with E-state index in [0.29, 0.717) is 10.9 Å². The summed E-state index contributed by atoms with van der Waals surface area (Å²) in [5, 5.41) is 0. The highest BCUT2D eigenvalue weighted by atomic mass is 32.1. The van der Waals surface area contributed by atoms with Gasteiger partial charge >= 0.3 is 0 Å². The molecule has 0 saturated carbocycles. The highest BCUT2D eigenvalue weighted by molar-refractivity contribution is 7.80. The van der Waals surface area contributed by atoms with Gasteiger partial charge in [0.05, 0.1) is 4.99 Å². The zero-order valence-corrected chi connectivity index (χ0v) is 10.6. The van der Waals surface area contributed by atoms with Gasteiger partial charge in [-0.3, -0.25) is 0 Å². The first kappa shape index (κ1) is 13.8. The maximum Gasteiger partial charge on any atom is 0.0768 e. The molecule has 0 bridgehead atoms. The minimum atomic E-state index is 0.334. The average molecular weight is 216 g/mol. The van der Waals surface area contributed by atoms with E-state index in [1.54, 1.807) is 0 Å². The molecule has 84 valence electrons. The Morgan fingerprint density at radius 3 is 2.50 bits per heavy atom. The summed E-state index contributed by atoms with van der Waals surface area (Å²) in [5.41, 5.74) is 5.57. The van der Waals surface area contributed by atoms with E-state index in [9.17, 15) is 0 Å². The molecule has 1 unspecified atom stereocenters. The van der Waals surface area contributed by atoms with E-state index in [1.807, 2.05) is 0 Å². The quantitative estimate of drug-likeness (QED) is 0.499. The Balaban J connectivity index is 3.45. The molecule has 0 rings (SSSR count). The van der Waals surface area contributed by atoms with Gasteiger partial charge in [0.2, 0.25) is 0 Å². The van der Waals surface area contributed by atoms with Crippen molar-refractivity contribution in [2.45, 2.75) is 39.5 Å². The van der Waals surface area contributed by atoms with Crippen LogP contribution in [0.3, 0.4) is 0 Å². The van der Waals surface area contributed by atoms with E-state index < -0.39 is 0 Å². The summed E-state index contributed by atoms with van der Waals surface area (Å²) in [6, 6.07) is 0. The molecule has 0 aliphatic rings. The minimum Gasteiger partial charge on any atom is -0.393 e. The largest absolute Gasteiger partial charge is 0.393 e. The van der Waals surface area contributed by atoms with E-state index in [4.69, 9.17) is 18.0 Å². The monoisotopic (exact) mass is 216 g/mol. The van der Waals surface area contributed by atoms with Crippen LogP contribution < -0.4 is 5.73 Å². The standard InChI is InChI=1S/C11H24N2S/c1-4-5-6-7-8-13(3)9-10(2)11(12)14/h10H,4-9H2,1-3H3,(H2,12,14). The Kier molecular flexibility index (Phi) is 8.09. The van der Waals surface area contributed by atoms with Crippen LogP contribution in [-0.2, 0) is 0 Å². The lowest BCUT2D eigenvalue weighted by Gasteiger charge is -2.20. The van der Waals surface area contributed by atoms with Gasteiger partial charge < -0.3 is 10.6 Å². The number of hydrogen-bond acceptors (Lipinski definition) is 2. The molecule has 14 heavy (non-hydrogen) atoms. The molecule has 0 aromatic heterocycles. The fraction of sp³-hybridized carbons (Fsp3) is 0.909. The van der Waals surface area contributed by atoms with Crippen LogP contribution in [0.25, 0.3) is 0 Å². The molecule has 0 aliphatic carbocycles. The normalized spacial score (nSPS) is 13.1. The second-order valence-electron chi connectivity index (χ2n) is 4.13. The van der Waals surface area contributed by atoms with Gasteiger partial charge in [-0.1, -0.05) is 45.3 Å². The minimum absolute atomic E-state index is 0.334. The molecule has 2 nitrogen and oxygen atoms in total. The molecular formula is C11H24N2S. The first-order chi connectivity index (χ1) is 6.57. The van der Waals surface area contributed by atoms with Crippen molar-refractivity contribution in [3.8, 4) is 0 Å². The van der Waals surface area contributed by atoms with Crippen molar-refractivity contribution in [1.82, 2.24) is 4.90 Å². The van der Waals surface area contributed by atoms with Gasteiger partial charge in [-0.25, -0.2) is 0 Å². The molecule has 0 amide bonds. The SMILES string of the molecule is CCCCCCN(C)CC(C)C(N)=S. The lowest BCUT2D eigenvalue weighted by Crippen LogP contribution is -2.32. The molecule has 0 spiro atoms. The first-order valence-electron chi connectivity index (χ1n) is 5.55. The predicted molar refractivity (Wildman–Crippen MR) is 67.6 cm³/mol. The molecule has 0 heterocycles. The van der Waals surface area contributed by atoms with E-state index in [1.165, 1.54) is 25.7 Å². The number of hydrogen-bond donors (Lipinski definition) is 1. The van der Waals surface area contributed by atoms with Gasteiger partial charge in [-0.15, -0.1) is 0 Å². The Morgan fingerprint density at radius 2 is 2.00 bits per heavy atom. The molecule has 1 atom stereocenters. The average Bonchev–Trinajstić information content (AvgIpc) is 2.12. The lowest BCUT2D eigenvalue weighted by atomic mass is 10.1. The third-order valence-corrected chi connectivity index (χ3v) is 2.87. The third-order valence-electron chi connectivity index (χ3n) is 2.46. The van der Waals surface area contributed by atoms with Crippen LogP contribution in [0.4, 0.5) is 0 Å².